The molecule has 4 nitrogen and oxygen atoms in total. The Balaban J connectivity index is 2.76. The summed E-state index contributed by atoms with van der Waals surface area (Å²) in [6.07, 6.45) is 2.10. The van der Waals surface area contributed by atoms with E-state index < -0.39 is 0 Å². The zero-order valence-corrected chi connectivity index (χ0v) is 9.19. The highest BCUT2D eigenvalue weighted by atomic mass is 16.1. The summed E-state index contributed by atoms with van der Waals surface area (Å²) in [5.74, 6) is 0.305. The van der Waals surface area contributed by atoms with Gasteiger partial charge in [-0.15, -0.1) is 5.10 Å². The van der Waals surface area contributed by atoms with Gasteiger partial charge >= 0.3 is 0 Å². The van der Waals surface area contributed by atoms with Gasteiger partial charge in [-0.2, -0.15) is 0 Å². The molecule has 0 aliphatic rings. The third kappa shape index (κ3) is 2.40. The predicted molar refractivity (Wildman–Crippen MR) is 54.0 cm³/mol. The number of Topliss-reactive ketones (excluding diaryl/α,β-unsaturated/α-hetero) is 1. The third-order valence-corrected chi connectivity index (χ3v) is 2.14. The molecule has 0 radical (unpaired) electrons. The van der Waals surface area contributed by atoms with Gasteiger partial charge in [-0.3, -0.25) is 4.79 Å². The molecule has 4 heteroatoms. The van der Waals surface area contributed by atoms with Gasteiger partial charge in [-0.05, 0) is 13.8 Å². The van der Waals surface area contributed by atoms with Crippen LogP contribution in [0.1, 0.15) is 39.4 Å². The molecule has 0 amide bonds. The molecule has 0 atom stereocenters. The summed E-state index contributed by atoms with van der Waals surface area (Å²) in [5, 5.41) is 7.76. The fourth-order valence-electron chi connectivity index (χ4n) is 1.21. The Morgan fingerprint density at radius 1 is 1.43 bits per heavy atom. The lowest BCUT2D eigenvalue weighted by molar-refractivity contribution is -0.121. The molecular formula is C10H17N3O. The van der Waals surface area contributed by atoms with Crippen LogP contribution in [0.4, 0.5) is 0 Å². The van der Waals surface area contributed by atoms with Crippen molar-refractivity contribution in [3.63, 3.8) is 0 Å². The molecule has 0 unspecified atom stereocenters. The number of hydrogen-bond acceptors (Lipinski definition) is 3. The van der Waals surface area contributed by atoms with Gasteiger partial charge in [0.15, 0.2) is 0 Å². The Morgan fingerprint density at radius 3 is 2.57 bits per heavy atom. The summed E-state index contributed by atoms with van der Waals surface area (Å²) in [4.78, 5) is 11.5. The molecular weight excluding hydrogens is 178 g/mol. The molecule has 0 aromatic carbocycles. The Morgan fingerprint density at radius 2 is 2.07 bits per heavy atom. The van der Waals surface area contributed by atoms with E-state index in [0.29, 0.717) is 6.42 Å². The third-order valence-electron chi connectivity index (χ3n) is 2.14. The molecule has 0 bridgehead atoms. The number of aromatic nitrogens is 3. The van der Waals surface area contributed by atoms with Crippen molar-refractivity contribution < 1.29 is 4.79 Å². The Labute approximate surface area is 84.3 Å². The van der Waals surface area contributed by atoms with Crippen molar-refractivity contribution in [1.29, 1.82) is 0 Å². The molecule has 14 heavy (non-hydrogen) atoms. The van der Waals surface area contributed by atoms with E-state index in [4.69, 9.17) is 0 Å². The van der Waals surface area contributed by atoms with Gasteiger partial charge in [0.05, 0.1) is 18.3 Å². The van der Waals surface area contributed by atoms with Gasteiger partial charge in [0.2, 0.25) is 0 Å². The first-order chi connectivity index (χ1) is 6.52. The molecule has 0 N–H and O–H groups in total. The SMILES string of the molecule is CC(C)C(=O)Cc1cnnn1C(C)C. The van der Waals surface area contributed by atoms with Crippen LogP contribution in [0, 0.1) is 5.92 Å². The molecule has 0 aliphatic carbocycles. The van der Waals surface area contributed by atoms with Crippen molar-refractivity contribution >= 4 is 5.78 Å². The van der Waals surface area contributed by atoms with Crippen molar-refractivity contribution in [1.82, 2.24) is 15.0 Å². The van der Waals surface area contributed by atoms with Gasteiger partial charge < -0.3 is 0 Å². The van der Waals surface area contributed by atoms with E-state index in [9.17, 15) is 4.79 Å². The van der Waals surface area contributed by atoms with Crippen LogP contribution < -0.4 is 0 Å². The van der Waals surface area contributed by atoms with E-state index in [2.05, 4.69) is 10.3 Å². The number of ketones is 1. The van der Waals surface area contributed by atoms with E-state index >= 15 is 0 Å². The lowest BCUT2D eigenvalue weighted by atomic mass is 10.0. The highest BCUT2D eigenvalue weighted by Gasteiger charge is 2.13. The predicted octanol–water partition coefficient (Wildman–Crippen LogP) is 1.63. The lowest BCUT2D eigenvalue weighted by Gasteiger charge is -2.09. The van der Waals surface area contributed by atoms with Gasteiger partial charge in [-0.25, -0.2) is 4.68 Å². The van der Waals surface area contributed by atoms with E-state index in [1.165, 1.54) is 0 Å². The first-order valence-corrected chi connectivity index (χ1v) is 4.94. The second-order valence-electron chi connectivity index (χ2n) is 4.06. The molecule has 0 saturated heterocycles. The Bertz CT molecular complexity index is 315. The summed E-state index contributed by atoms with van der Waals surface area (Å²) in [7, 11) is 0. The standard InChI is InChI=1S/C10H17N3O/c1-7(2)10(14)5-9-6-11-12-13(9)8(3)4/h6-8H,5H2,1-4H3. The van der Waals surface area contributed by atoms with Crippen LogP contribution in [0.5, 0.6) is 0 Å². The maximum absolute atomic E-state index is 11.5. The molecule has 0 aliphatic heterocycles. The smallest absolute Gasteiger partial charge is 0.141 e. The van der Waals surface area contributed by atoms with Gasteiger partial charge in [-0.1, -0.05) is 19.1 Å². The normalized spacial score (nSPS) is 11.3. The van der Waals surface area contributed by atoms with Crippen LogP contribution in [0.25, 0.3) is 0 Å². The minimum absolute atomic E-state index is 0.0745. The Hall–Kier alpha value is -1.19. The van der Waals surface area contributed by atoms with E-state index in [0.717, 1.165) is 5.69 Å². The highest BCUT2D eigenvalue weighted by Crippen LogP contribution is 2.09. The molecule has 1 heterocycles. The van der Waals surface area contributed by atoms with Crippen LogP contribution in [0.2, 0.25) is 0 Å². The summed E-state index contributed by atoms with van der Waals surface area (Å²) >= 11 is 0. The van der Waals surface area contributed by atoms with Gasteiger partial charge in [0, 0.05) is 12.0 Å². The van der Waals surface area contributed by atoms with Gasteiger partial charge in [0.25, 0.3) is 0 Å². The second-order valence-corrected chi connectivity index (χ2v) is 4.06. The summed E-state index contributed by atoms with van der Waals surface area (Å²) in [6.45, 7) is 7.87. The van der Waals surface area contributed by atoms with Crippen molar-refractivity contribution in [2.75, 3.05) is 0 Å². The molecule has 0 spiro atoms. The number of carbonyl (C=O) groups is 1. The molecule has 0 fully saturated rings. The second kappa shape index (κ2) is 4.35. The monoisotopic (exact) mass is 195 g/mol. The summed E-state index contributed by atoms with van der Waals surface area (Å²) in [6, 6.07) is 0.257. The summed E-state index contributed by atoms with van der Waals surface area (Å²) in [5.41, 5.74) is 0.902. The van der Waals surface area contributed by atoms with Crippen LogP contribution in [0.3, 0.4) is 0 Å². The molecule has 78 valence electrons. The first-order valence-electron chi connectivity index (χ1n) is 4.94. The van der Waals surface area contributed by atoms with Crippen molar-refractivity contribution in [2.45, 2.75) is 40.2 Å². The average Bonchev–Trinajstić information content (AvgIpc) is 2.52. The molecule has 1 rings (SSSR count). The van der Waals surface area contributed by atoms with Gasteiger partial charge in [0.1, 0.15) is 5.78 Å². The minimum Gasteiger partial charge on any atom is -0.299 e. The quantitative estimate of drug-likeness (QED) is 0.733. The lowest BCUT2D eigenvalue weighted by Crippen LogP contribution is -2.15. The topological polar surface area (TPSA) is 47.8 Å². The zero-order valence-electron chi connectivity index (χ0n) is 9.19. The zero-order chi connectivity index (χ0) is 10.7. The van der Waals surface area contributed by atoms with E-state index in [1.54, 1.807) is 10.9 Å². The first kappa shape index (κ1) is 10.9. The van der Waals surface area contributed by atoms with Crippen LogP contribution in [-0.2, 0) is 11.2 Å². The van der Waals surface area contributed by atoms with Crippen LogP contribution in [0.15, 0.2) is 6.20 Å². The maximum atomic E-state index is 11.5. The maximum Gasteiger partial charge on any atom is 0.141 e. The van der Waals surface area contributed by atoms with Crippen molar-refractivity contribution in [3.8, 4) is 0 Å². The van der Waals surface area contributed by atoms with E-state index in [-0.39, 0.29) is 17.7 Å². The van der Waals surface area contributed by atoms with E-state index in [1.807, 2.05) is 27.7 Å². The molecule has 1 aromatic heterocycles. The number of hydrogen-bond donors (Lipinski definition) is 0. The van der Waals surface area contributed by atoms with Crippen molar-refractivity contribution in [3.05, 3.63) is 11.9 Å². The largest absolute Gasteiger partial charge is 0.299 e. The Kier molecular flexibility index (Phi) is 3.38. The average molecular weight is 195 g/mol. The van der Waals surface area contributed by atoms with Crippen LogP contribution in [-0.4, -0.2) is 20.8 Å². The summed E-state index contributed by atoms with van der Waals surface area (Å²) < 4.78 is 1.79. The number of carbonyl (C=O) groups excluding carboxylic acids is 1. The molecule has 0 saturated carbocycles. The fraction of sp³-hybridized carbons (Fsp3) is 0.700. The van der Waals surface area contributed by atoms with Crippen molar-refractivity contribution in [2.24, 2.45) is 5.92 Å². The highest BCUT2D eigenvalue weighted by molar-refractivity contribution is 5.82. The minimum atomic E-state index is 0.0745. The molecule has 1 aromatic rings. The van der Waals surface area contributed by atoms with Crippen LogP contribution >= 0.6 is 0 Å². The number of nitrogens with zero attached hydrogens (tertiary/aromatic N) is 3. The number of rotatable bonds is 4. The fourth-order valence-corrected chi connectivity index (χ4v) is 1.21.